The third kappa shape index (κ3) is 1.40. The molecule has 2 heterocycles. The van der Waals surface area contributed by atoms with E-state index in [1.54, 1.807) is 14.0 Å². The summed E-state index contributed by atoms with van der Waals surface area (Å²) in [5.41, 5.74) is 0.816. The van der Waals surface area contributed by atoms with Crippen LogP contribution in [0, 0.1) is 5.92 Å². The van der Waals surface area contributed by atoms with Gasteiger partial charge in [-0.15, -0.1) is 0 Å². The Bertz CT molecular complexity index is 616. The zero-order valence-electron chi connectivity index (χ0n) is 12.7. The van der Waals surface area contributed by atoms with Crippen LogP contribution in [0.15, 0.2) is 22.8 Å². The number of hydrogen-bond donors (Lipinski definition) is 1. The zero-order chi connectivity index (χ0) is 15.2. The number of ether oxygens (including phenoxy) is 3. The van der Waals surface area contributed by atoms with E-state index in [0.717, 1.165) is 11.1 Å². The maximum absolute atomic E-state index is 12.0. The lowest BCUT2D eigenvalue weighted by Crippen LogP contribution is -2.38. The average Bonchev–Trinajstić information content (AvgIpc) is 3.00. The van der Waals surface area contributed by atoms with Crippen molar-refractivity contribution < 1.29 is 24.1 Å². The first-order valence-electron chi connectivity index (χ1n) is 7.39. The van der Waals surface area contributed by atoms with Crippen LogP contribution in [0.2, 0.25) is 0 Å². The summed E-state index contributed by atoms with van der Waals surface area (Å²) in [6.45, 7) is 5.63. The first-order chi connectivity index (χ1) is 9.77. The first kappa shape index (κ1) is 13.5. The van der Waals surface area contributed by atoms with Crippen LogP contribution in [0.4, 0.5) is 0 Å². The monoisotopic (exact) mass is 292 g/mol. The van der Waals surface area contributed by atoms with Crippen LogP contribution in [0.3, 0.4) is 0 Å². The Balaban J connectivity index is 1.95. The van der Waals surface area contributed by atoms with Crippen LogP contribution in [0.5, 0.6) is 0 Å². The molecule has 4 aliphatic rings. The Labute approximate surface area is 123 Å². The van der Waals surface area contributed by atoms with Gasteiger partial charge in [0.05, 0.1) is 11.7 Å². The van der Waals surface area contributed by atoms with E-state index in [-0.39, 0.29) is 18.0 Å². The second-order valence-electron chi connectivity index (χ2n) is 6.93. The van der Waals surface area contributed by atoms with Crippen LogP contribution in [0.25, 0.3) is 0 Å². The van der Waals surface area contributed by atoms with E-state index in [0.29, 0.717) is 18.4 Å². The van der Waals surface area contributed by atoms with E-state index >= 15 is 0 Å². The molecule has 4 rings (SSSR count). The summed E-state index contributed by atoms with van der Waals surface area (Å²) in [6, 6.07) is 0. The molecule has 0 bridgehead atoms. The number of aliphatic hydroxyl groups is 1. The fraction of sp³-hybridized carbons (Fsp3) is 0.688. The Hall–Kier alpha value is -1.17. The highest BCUT2D eigenvalue weighted by atomic mass is 16.7. The van der Waals surface area contributed by atoms with E-state index < -0.39 is 17.0 Å². The fourth-order valence-corrected chi connectivity index (χ4v) is 4.47. The number of esters is 1. The minimum atomic E-state index is -1.04. The molecule has 0 radical (unpaired) electrons. The van der Waals surface area contributed by atoms with Gasteiger partial charge in [-0.25, -0.2) is 4.79 Å². The second kappa shape index (κ2) is 3.59. The van der Waals surface area contributed by atoms with Crippen molar-refractivity contribution in [1.29, 1.82) is 0 Å². The molecule has 1 N–H and O–H groups in total. The van der Waals surface area contributed by atoms with Crippen LogP contribution in [-0.2, 0) is 19.0 Å². The Morgan fingerprint density at radius 2 is 2.14 bits per heavy atom. The maximum Gasteiger partial charge on any atom is 0.337 e. The molecule has 5 atom stereocenters. The number of carbonyl (C=O) groups excluding carboxylic acids is 1. The van der Waals surface area contributed by atoms with Gasteiger partial charge in [0.2, 0.25) is 5.79 Å². The largest absolute Gasteiger partial charge is 0.425 e. The SMILES string of the molecule is COC12CC(C)C34OC3CC(C)(O)C4=CC1=C(C)C(=O)O2. The number of rotatable bonds is 1. The number of epoxide rings is 1. The minimum Gasteiger partial charge on any atom is -0.425 e. The molecule has 0 aromatic carbocycles. The highest BCUT2D eigenvalue weighted by molar-refractivity contribution is 5.93. The van der Waals surface area contributed by atoms with Gasteiger partial charge < -0.3 is 19.3 Å². The molecule has 2 aliphatic carbocycles. The van der Waals surface area contributed by atoms with Crippen molar-refractivity contribution in [3.8, 4) is 0 Å². The summed E-state index contributed by atoms with van der Waals surface area (Å²) in [4.78, 5) is 12.0. The lowest BCUT2D eigenvalue weighted by molar-refractivity contribution is -0.197. The smallest absolute Gasteiger partial charge is 0.337 e. The third-order valence-electron chi connectivity index (χ3n) is 5.65. The van der Waals surface area contributed by atoms with Gasteiger partial charge in [-0.05, 0) is 31.4 Å². The summed E-state index contributed by atoms with van der Waals surface area (Å²) < 4.78 is 17.1. The van der Waals surface area contributed by atoms with Crippen molar-refractivity contribution in [2.24, 2.45) is 5.92 Å². The highest BCUT2D eigenvalue weighted by Gasteiger charge is 2.73. The standard InChI is InChI=1S/C16H20O5/c1-8-6-15(19-4)10(9(2)13(17)21-15)5-11-14(3,18)7-12-16(8,11)20-12/h5,8,12,18H,6-7H2,1-4H3. The van der Waals surface area contributed by atoms with E-state index in [2.05, 4.69) is 6.92 Å². The van der Waals surface area contributed by atoms with Crippen LogP contribution >= 0.6 is 0 Å². The van der Waals surface area contributed by atoms with Crippen molar-refractivity contribution in [1.82, 2.24) is 0 Å². The Kier molecular flexibility index (Phi) is 2.31. The summed E-state index contributed by atoms with van der Waals surface area (Å²) in [6.07, 6.45) is 3.08. The minimum absolute atomic E-state index is 0.0538. The third-order valence-corrected chi connectivity index (χ3v) is 5.65. The molecular weight excluding hydrogens is 272 g/mol. The summed E-state index contributed by atoms with van der Waals surface area (Å²) >= 11 is 0. The molecule has 21 heavy (non-hydrogen) atoms. The summed E-state index contributed by atoms with van der Waals surface area (Å²) in [5.74, 6) is -1.30. The number of hydrogen-bond acceptors (Lipinski definition) is 5. The highest BCUT2D eigenvalue weighted by Crippen LogP contribution is 2.65. The van der Waals surface area contributed by atoms with Crippen molar-refractivity contribution in [3.63, 3.8) is 0 Å². The van der Waals surface area contributed by atoms with Gasteiger partial charge in [-0.3, -0.25) is 0 Å². The van der Waals surface area contributed by atoms with Gasteiger partial charge >= 0.3 is 5.97 Å². The lowest BCUT2D eigenvalue weighted by Gasteiger charge is -2.30. The number of fused-ring (bicyclic) bond motifs is 1. The predicted molar refractivity (Wildman–Crippen MR) is 73.2 cm³/mol. The van der Waals surface area contributed by atoms with E-state index in [4.69, 9.17) is 14.2 Å². The van der Waals surface area contributed by atoms with Crippen LogP contribution < -0.4 is 0 Å². The Morgan fingerprint density at radius 1 is 1.43 bits per heavy atom. The predicted octanol–water partition coefficient (Wildman–Crippen LogP) is 1.46. The van der Waals surface area contributed by atoms with Crippen molar-refractivity contribution in [2.45, 2.75) is 56.7 Å². The maximum atomic E-state index is 12.0. The average molecular weight is 292 g/mol. The Morgan fingerprint density at radius 3 is 2.81 bits per heavy atom. The summed E-state index contributed by atoms with van der Waals surface area (Å²) in [5, 5.41) is 10.7. The molecule has 0 aromatic rings. The van der Waals surface area contributed by atoms with Crippen molar-refractivity contribution >= 4 is 5.97 Å². The molecule has 5 nitrogen and oxygen atoms in total. The van der Waals surface area contributed by atoms with Crippen molar-refractivity contribution in [3.05, 3.63) is 22.8 Å². The van der Waals surface area contributed by atoms with Gasteiger partial charge in [0.1, 0.15) is 5.60 Å². The normalized spacial score (nSPS) is 50.9. The quantitative estimate of drug-likeness (QED) is 0.585. The summed E-state index contributed by atoms with van der Waals surface area (Å²) in [7, 11) is 1.55. The first-order valence-corrected chi connectivity index (χ1v) is 7.39. The van der Waals surface area contributed by atoms with Gasteiger partial charge in [-0.2, -0.15) is 0 Å². The van der Waals surface area contributed by atoms with Gasteiger partial charge in [0.25, 0.3) is 0 Å². The molecule has 2 aliphatic heterocycles. The second-order valence-corrected chi connectivity index (χ2v) is 6.93. The fourth-order valence-electron chi connectivity index (χ4n) is 4.47. The van der Waals surface area contributed by atoms with E-state index in [1.807, 2.05) is 13.0 Å². The molecule has 114 valence electrons. The van der Waals surface area contributed by atoms with E-state index in [1.165, 1.54) is 0 Å². The van der Waals surface area contributed by atoms with E-state index in [9.17, 15) is 9.90 Å². The number of methoxy groups -OCH3 is 1. The topological polar surface area (TPSA) is 68.3 Å². The van der Waals surface area contributed by atoms with Crippen LogP contribution in [0.1, 0.15) is 33.6 Å². The zero-order valence-corrected chi connectivity index (χ0v) is 12.7. The molecule has 1 spiro atoms. The molecule has 0 amide bonds. The van der Waals surface area contributed by atoms with Gasteiger partial charge in [0.15, 0.2) is 0 Å². The lowest BCUT2D eigenvalue weighted by atomic mass is 9.83. The number of carbonyl (C=O) groups is 1. The molecule has 1 saturated carbocycles. The molecule has 0 aromatic heterocycles. The van der Waals surface area contributed by atoms with Crippen molar-refractivity contribution in [2.75, 3.05) is 7.11 Å². The molecular formula is C16H20O5. The van der Waals surface area contributed by atoms with Gasteiger partial charge in [0, 0.05) is 31.1 Å². The molecule has 5 unspecified atom stereocenters. The molecule has 5 heteroatoms. The van der Waals surface area contributed by atoms with Gasteiger partial charge in [-0.1, -0.05) is 6.92 Å². The molecule has 1 saturated heterocycles. The van der Waals surface area contributed by atoms with Crippen LogP contribution in [-0.4, -0.2) is 41.3 Å². The molecule has 2 fully saturated rings.